The Bertz CT molecular complexity index is 1950. The van der Waals surface area contributed by atoms with E-state index in [0.29, 0.717) is 30.0 Å². The third kappa shape index (κ3) is 6.55. The van der Waals surface area contributed by atoms with E-state index in [-0.39, 0.29) is 5.78 Å². The van der Waals surface area contributed by atoms with Crippen LogP contribution in [0.25, 0.3) is 32.6 Å². The molecule has 0 aliphatic heterocycles. The lowest BCUT2D eigenvalue weighted by molar-refractivity contribution is -0.140. The average Bonchev–Trinajstić information content (AvgIpc) is 3.34. The van der Waals surface area contributed by atoms with Gasteiger partial charge in [-0.15, -0.1) is 6.58 Å². The van der Waals surface area contributed by atoms with Gasteiger partial charge in [0.25, 0.3) is 0 Å². The van der Waals surface area contributed by atoms with Crippen molar-refractivity contribution < 1.29 is 14.4 Å². The molecule has 0 fully saturated rings. The van der Waals surface area contributed by atoms with Crippen LogP contribution in [0.15, 0.2) is 78.5 Å². The van der Waals surface area contributed by atoms with Gasteiger partial charge in [0.15, 0.2) is 5.78 Å². The van der Waals surface area contributed by atoms with Gasteiger partial charge in [-0.1, -0.05) is 92.4 Å². The van der Waals surface area contributed by atoms with Crippen LogP contribution < -0.4 is 0 Å². The normalized spacial score (nSPS) is 12.6. The number of benzene rings is 4. The second-order valence-electron chi connectivity index (χ2n) is 12.7. The first-order chi connectivity index (χ1) is 22.2. The van der Waals surface area contributed by atoms with Crippen molar-refractivity contribution in [2.45, 2.75) is 86.6 Å². The third-order valence-corrected chi connectivity index (χ3v) is 9.20. The van der Waals surface area contributed by atoms with Crippen LogP contribution in [-0.4, -0.2) is 22.0 Å². The van der Waals surface area contributed by atoms with Crippen molar-refractivity contribution in [3.8, 4) is 0 Å². The minimum atomic E-state index is -0.456. The fourth-order valence-electron chi connectivity index (χ4n) is 6.97. The van der Waals surface area contributed by atoms with E-state index in [1.807, 2.05) is 26.0 Å². The average molecular weight is 615 g/mol. The number of hydrogen-bond acceptors (Lipinski definition) is 4. The molecule has 0 amide bonds. The number of rotatable bonds is 13. The Hall–Kier alpha value is -4.51. The Morgan fingerprint density at radius 3 is 2.30 bits per heavy atom. The lowest BCUT2D eigenvalue weighted by Crippen LogP contribution is -2.11. The van der Waals surface area contributed by atoms with Crippen molar-refractivity contribution in [2.24, 2.45) is 11.1 Å². The largest absolute Gasteiger partial charge is 0.340 e. The van der Waals surface area contributed by atoms with Crippen molar-refractivity contribution in [1.29, 1.82) is 0 Å². The highest BCUT2D eigenvalue weighted by Crippen LogP contribution is 2.39. The predicted octanol–water partition coefficient (Wildman–Crippen LogP) is 10.6. The second-order valence-corrected chi connectivity index (χ2v) is 12.7. The summed E-state index contributed by atoms with van der Waals surface area (Å²) in [4.78, 5) is 31.3. The van der Waals surface area contributed by atoms with E-state index in [1.165, 1.54) is 26.2 Å². The standard InChI is InChI=1S/C41H46N2O3/c1-8-11-15-30(10-3)25-43-38-20-19-31(37(18-12-9-2)42-46-29(7)44)23-34(38)35-24-36(32-16-13-14-17-33(32)40(35)43)41(45)39-27(5)21-26(4)22-28(39)6/h9,13-14,16-17,19-24,30H,2,8,10-12,15,18,25H2,1,3-7H3. The monoisotopic (exact) mass is 614 g/mol. The summed E-state index contributed by atoms with van der Waals surface area (Å²) in [5.41, 5.74) is 8.47. The van der Waals surface area contributed by atoms with Crippen LogP contribution in [0, 0.1) is 26.7 Å². The number of aryl methyl sites for hydroxylation is 3. The summed E-state index contributed by atoms with van der Waals surface area (Å²) in [5, 5.41) is 8.39. The highest BCUT2D eigenvalue weighted by atomic mass is 16.7. The van der Waals surface area contributed by atoms with Gasteiger partial charge in [-0.05, 0) is 80.7 Å². The van der Waals surface area contributed by atoms with E-state index in [2.05, 4.69) is 91.7 Å². The summed E-state index contributed by atoms with van der Waals surface area (Å²) in [5.74, 6) is 0.121. The third-order valence-electron chi connectivity index (χ3n) is 9.20. The Balaban J connectivity index is 1.83. The molecule has 0 aliphatic rings. The van der Waals surface area contributed by atoms with Crippen LogP contribution in [0.4, 0.5) is 0 Å². The smallest absolute Gasteiger partial charge is 0.331 e. The molecule has 5 heteroatoms. The molecule has 46 heavy (non-hydrogen) atoms. The summed E-state index contributed by atoms with van der Waals surface area (Å²) >= 11 is 0. The number of fused-ring (bicyclic) bond motifs is 5. The molecule has 1 atom stereocenters. The van der Waals surface area contributed by atoms with Crippen LogP contribution in [0.2, 0.25) is 0 Å². The quantitative estimate of drug-likeness (QED) is 0.0436. The maximum absolute atomic E-state index is 14.5. The number of unbranched alkanes of at least 4 members (excludes halogenated alkanes) is 1. The minimum absolute atomic E-state index is 0.0441. The molecule has 0 bridgehead atoms. The fourth-order valence-corrected chi connectivity index (χ4v) is 6.97. The molecule has 5 aromatic rings. The van der Waals surface area contributed by atoms with Crippen molar-refractivity contribution in [3.63, 3.8) is 0 Å². The van der Waals surface area contributed by atoms with Gasteiger partial charge >= 0.3 is 5.97 Å². The molecule has 1 aromatic heterocycles. The van der Waals surface area contributed by atoms with E-state index < -0.39 is 5.97 Å². The SMILES string of the molecule is C=CCCC(=NOC(C)=O)c1ccc2c(c1)c1cc(C(=O)c3c(C)cc(C)cc3C)c3ccccc3c1n2CC(CC)CCCC. The van der Waals surface area contributed by atoms with Crippen molar-refractivity contribution >= 4 is 50.0 Å². The van der Waals surface area contributed by atoms with Gasteiger partial charge in [-0.3, -0.25) is 4.79 Å². The zero-order chi connectivity index (χ0) is 33.0. The second kappa shape index (κ2) is 14.3. The molecule has 0 spiro atoms. The zero-order valence-electron chi connectivity index (χ0n) is 28.2. The number of hydrogen-bond donors (Lipinski definition) is 0. The van der Waals surface area contributed by atoms with Crippen LogP contribution in [0.3, 0.4) is 0 Å². The summed E-state index contributed by atoms with van der Waals surface area (Å²) in [7, 11) is 0. The maximum Gasteiger partial charge on any atom is 0.331 e. The Morgan fingerprint density at radius 2 is 1.65 bits per heavy atom. The highest BCUT2D eigenvalue weighted by Gasteiger charge is 2.23. The summed E-state index contributed by atoms with van der Waals surface area (Å²) in [6.45, 7) is 16.8. The molecule has 0 N–H and O–H groups in total. The number of nitrogens with zero attached hydrogens (tertiary/aromatic N) is 2. The number of aromatic nitrogens is 1. The Morgan fingerprint density at radius 1 is 0.935 bits per heavy atom. The van der Waals surface area contributed by atoms with Crippen LogP contribution in [0.5, 0.6) is 0 Å². The lowest BCUT2D eigenvalue weighted by atomic mass is 9.89. The van der Waals surface area contributed by atoms with E-state index in [1.54, 1.807) is 0 Å². The summed E-state index contributed by atoms with van der Waals surface area (Å²) in [6.07, 6.45) is 7.78. The van der Waals surface area contributed by atoms with Crippen LogP contribution in [-0.2, 0) is 16.2 Å². The van der Waals surface area contributed by atoms with E-state index >= 15 is 0 Å². The lowest BCUT2D eigenvalue weighted by Gasteiger charge is -2.19. The van der Waals surface area contributed by atoms with Gasteiger partial charge in [0.05, 0.1) is 11.2 Å². The van der Waals surface area contributed by atoms with Crippen LogP contribution >= 0.6 is 0 Å². The fraction of sp³-hybridized carbons (Fsp3) is 0.341. The molecule has 0 saturated heterocycles. The van der Waals surface area contributed by atoms with Crippen molar-refractivity contribution in [1.82, 2.24) is 4.57 Å². The van der Waals surface area contributed by atoms with Crippen molar-refractivity contribution in [3.05, 3.63) is 107 Å². The highest BCUT2D eigenvalue weighted by molar-refractivity contribution is 6.26. The molecule has 1 heterocycles. The van der Waals surface area contributed by atoms with Gasteiger partial charge < -0.3 is 9.40 Å². The molecule has 1 unspecified atom stereocenters. The Kier molecular flexibility index (Phi) is 10.2. The first-order valence-electron chi connectivity index (χ1n) is 16.6. The van der Waals surface area contributed by atoms with Gasteiger partial charge in [-0.2, -0.15) is 0 Å². The number of carbonyl (C=O) groups excluding carboxylic acids is 2. The zero-order valence-corrected chi connectivity index (χ0v) is 28.2. The van der Waals surface area contributed by atoms with E-state index in [0.717, 1.165) is 73.4 Å². The molecule has 5 nitrogen and oxygen atoms in total. The minimum Gasteiger partial charge on any atom is -0.340 e. The molecular weight excluding hydrogens is 568 g/mol. The van der Waals surface area contributed by atoms with Gasteiger partial charge in [-0.25, -0.2) is 4.79 Å². The molecular formula is C41H46N2O3. The molecule has 0 aliphatic carbocycles. The Labute approximate surface area is 272 Å². The maximum atomic E-state index is 14.5. The first-order valence-corrected chi connectivity index (χ1v) is 16.6. The van der Waals surface area contributed by atoms with E-state index in [4.69, 9.17) is 4.84 Å². The summed E-state index contributed by atoms with van der Waals surface area (Å²) < 4.78 is 2.48. The predicted molar refractivity (Wildman–Crippen MR) is 192 cm³/mol. The van der Waals surface area contributed by atoms with Gasteiger partial charge in [0.2, 0.25) is 0 Å². The molecule has 0 saturated carbocycles. The summed E-state index contributed by atoms with van der Waals surface area (Å²) in [6, 6.07) is 21.0. The number of allylic oxidation sites excluding steroid dienone is 1. The van der Waals surface area contributed by atoms with Gasteiger partial charge in [0, 0.05) is 51.8 Å². The van der Waals surface area contributed by atoms with Crippen LogP contribution in [0.1, 0.15) is 97.5 Å². The van der Waals surface area contributed by atoms with Gasteiger partial charge in [0.1, 0.15) is 0 Å². The molecule has 5 rings (SSSR count). The topological polar surface area (TPSA) is 60.7 Å². The number of ketones is 1. The van der Waals surface area contributed by atoms with E-state index in [9.17, 15) is 9.59 Å². The molecule has 4 aromatic carbocycles. The van der Waals surface area contributed by atoms with Crippen molar-refractivity contribution in [2.75, 3.05) is 0 Å². The molecule has 238 valence electrons. The first kappa shape index (κ1) is 32.9. The molecule has 0 radical (unpaired) electrons. The number of carbonyl (C=O) groups is 2. The number of oxime groups is 1.